The molecule has 0 aromatic heterocycles. The number of aliphatic hydroxyl groups is 1. The smallest absolute Gasteiger partial charge is 0.127 e. The molecule has 1 atom stereocenters. The number of benzene rings is 2. The van der Waals surface area contributed by atoms with Gasteiger partial charge in [-0.1, -0.05) is 35.3 Å². The fourth-order valence-corrected chi connectivity index (χ4v) is 2.36. The third kappa shape index (κ3) is 3.92. The largest absolute Gasteiger partial charge is 0.392 e. The van der Waals surface area contributed by atoms with Crippen LogP contribution in [0, 0.1) is 11.6 Å². The van der Waals surface area contributed by atoms with Crippen molar-refractivity contribution in [2.75, 3.05) is 0 Å². The Kier molecular flexibility index (Phi) is 4.97. The highest BCUT2D eigenvalue weighted by molar-refractivity contribution is 6.31. The fourth-order valence-electron chi connectivity index (χ4n) is 1.95. The Hall–Kier alpha value is -1.16. The number of rotatable bonds is 4. The summed E-state index contributed by atoms with van der Waals surface area (Å²) >= 11 is 11.5. The van der Waals surface area contributed by atoms with E-state index in [1.54, 1.807) is 6.07 Å². The molecule has 1 N–H and O–H groups in total. The van der Waals surface area contributed by atoms with Crippen molar-refractivity contribution < 1.29 is 13.9 Å². The summed E-state index contributed by atoms with van der Waals surface area (Å²) in [5, 5.41) is 10.5. The quantitative estimate of drug-likeness (QED) is 0.885. The van der Waals surface area contributed by atoms with Crippen LogP contribution in [0.4, 0.5) is 8.78 Å². The highest BCUT2D eigenvalue weighted by atomic mass is 35.5. The Labute approximate surface area is 125 Å². The van der Waals surface area contributed by atoms with E-state index in [9.17, 15) is 13.9 Å². The highest BCUT2D eigenvalue weighted by Gasteiger charge is 2.13. The first-order chi connectivity index (χ1) is 9.45. The van der Waals surface area contributed by atoms with E-state index in [2.05, 4.69) is 0 Å². The fraction of sp³-hybridized carbons (Fsp3) is 0.200. The van der Waals surface area contributed by atoms with Crippen LogP contribution in [-0.4, -0.2) is 11.2 Å². The molecule has 0 bridgehead atoms. The molecule has 2 aromatic carbocycles. The minimum Gasteiger partial charge on any atom is -0.392 e. The summed E-state index contributed by atoms with van der Waals surface area (Å²) in [4.78, 5) is 0. The van der Waals surface area contributed by atoms with Gasteiger partial charge in [0.1, 0.15) is 11.6 Å². The van der Waals surface area contributed by atoms with Gasteiger partial charge < -0.3 is 5.11 Å². The first-order valence-corrected chi connectivity index (χ1v) is 6.77. The molecule has 0 saturated carbocycles. The van der Waals surface area contributed by atoms with Gasteiger partial charge in [0, 0.05) is 22.9 Å². The summed E-state index contributed by atoms with van der Waals surface area (Å²) in [5.74, 6) is -0.890. The van der Waals surface area contributed by atoms with Crippen LogP contribution in [0.25, 0.3) is 0 Å². The van der Waals surface area contributed by atoms with Crippen molar-refractivity contribution >= 4 is 23.2 Å². The predicted octanol–water partition coefficient (Wildman–Crippen LogP) is 4.42. The van der Waals surface area contributed by atoms with E-state index in [4.69, 9.17) is 23.2 Å². The first-order valence-electron chi connectivity index (χ1n) is 6.01. The van der Waals surface area contributed by atoms with Crippen LogP contribution in [0.5, 0.6) is 0 Å². The van der Waals surface area contributed by atoms with Crippen LogP contribution in [0.3, 0.4) is 0 Å². The van der Waals surface area contributed by atoms with Crippen molar-refractivity contribution in [1.29, 1.82) is 0 Å². The van der Waals surface area contributed by atoms with E-state index in [-0.39, 0.29) is 17.9 Å². The van der Waals surface area contributed by atoms with Crippen molar-refractivity contribution in [3.05, 3.63) is 69.2 Å². The van der Waals surface area contributed by atoms with Crippen molar-refractivity contribution in [2.24, 2.45) is 0 Å². The van der Waals surface area contributed by atoms with Crippen LogP contribution in [-0.2, 0) is 12.8 Å². The molecule has 0 radical (unpaired) electrons. The number of aliphatic hydroxyl groups excluding tert-OH is 1. The zero-order chi connectivity index (χ0) is 14.7. The van der Waals surface area contributed by atoms with Crippen LogP contribution < -0.4 is 0 Å². The van der Waals surface area contributed by atoms with Gasteiger partial charge in [0.05, 0.1) is 6.10 Å². The number of hydrogen-bond acceptors (Lipinski definition) is 1. The molecule has 0 aliphatic carbocycles. The molecule has 2 aromatic rings. The standard InChI is InChI=1S/C15H12Cl2F2O/c16-11-3-1-10(15(19)7-11)6-13(20)5-9-2-4-12(18)8-14(9)17/h1-4,7-8,13,20H,5-6H2. The topological polar surface area (TPSA) is 20.2 Å². The summed E-state index contributed by atoms with van der Waals surface area (Å²) in [5.41, 5.74) is 0.995. The van der Waals surface area contributed by atoms with E-state index in [0.717, 1.165) is 0 Å². The van der Waals surface area contributed by atoms with Gasteiger partial charge in [-0.15, -0.1) is 0 Å². The van der Waals surface area contributed by atoms with Crippen molar-refractivity contribution in [2.45, 2.75) is 18.9 Å². The summed E-state index contributed by atoms with van der Waals surface area (Å²) in [6.07, 6.45) is -0.452. The maximum Gasteiger partial charge on any atom is 0.127 e. The number of hydrogen-bond donors (Lipinski definition) is 1. The average molecular weight is 317 g/mol. The molecular weight excluding hydrogens is 305 g/mol. The SMILES string of the molecule is OC(Cc1ccc(Cl)cc1F)Cc1ccc(F)cc1Cl. The lowest BCUT2D eigenvalue weighted by Gasteiger charge is -2.12. The zero-order valence-electron chi connectivity index (χ0n) is 10.4. The minimum atomic E-state index is -0.811. The molecule has 0 fully saturated rings. The highest BCUT2D eigenvalue weighted by Crippen LogP contribution is 2.21. The van der Waals surface area contributed by atoms with Gasteiger partial charge in [-0.2, -0.15) is 0 Å². The Bertz CT molecular complexity index is 563. The summed E-state index contributed by atoms with van der Waals surface area (Å²) in [6, 6.07) is 8.28. The molecule has 0 amide bonds. The number of halogens is 4. The third-order valence-corrected chi connectivity index (χ3v) is 3.53. The maximum atomic E-state index is 13.6. The lowest BCUT2D eigenvalue weighted by atomic mass is 10.0. The molecule has 5 heteroatoms. The van der Waals surface area contributed by atoms with Gasteiger partial charge in [-0.05, 0) is 35.4 Å². The molecule has 0 heterocycles. The molecule has 20 heavy (non-hydrogen) atoms. The monoisotopic (exact) mass is 316 g/mol. The Balaban J connectivity index is 2.07. The van der Waals surface area contributed by atoms with Gasteiger partial charge in [-0.25, -0.2) is 8.78 Å². The Morgan fingerprint density at radius 1 is 0.950 bits per heavy atom. The second-order valence-electron chi connectivity index (χ2n) is 4.53. The van der Waals surface area contributed by atoms with Crippen LogP contribution in [0.1, 0.15) is 11.1 Å². The van der Waals surface area contributed by atoms with E-state index in [1.807, 2.05) is 0 Å². The van der Waals surface area contributed by atoms with Crippen molar-refractivity contribution in [3.63, 3.8) is 0 Å². The molecule has 106 valence electrons. The molecule has 0 aliphatic rings. The van der Waals surface area contributed by atoms with E-state index in [0.29, 0.717) is 16.1 Å². The molecule has 1 nitrogen and oxygen atoms in total. The zero-order valence-corrected chi connectivity index (χ0v) is 11.9. The first kappa shape index (κ1) is 15.2. The van der Waals surface area contributed by atoms with Crippen molar-refractivity contribution in [3.8, 4) is 0 Å². The Morgan fingerprint density at radius 2 is 1.60 bits per heavy atom. The third-order valence-electron chi connectivity index (χ3n) is 2.94. The molecule has 0 spiro atoms. The van der Waals surface area contributed by atoms with Gasteiger partial charge in [0.25, 0.3) is 0 Å². The second kappa shape index (κ2) is 6.53. The molecular formula is C15H12Cl2F2O. The summed E-state index contributed by atoms with van der Waals surface area (Å²) in [7, 11) is 0. The van der Waals surface area contributed by atoms with Gasteiger partial charge in [0.15, 0.2) is 0 Å². The molecule has 0 aliphatic heterocycles. The van der Waals surface area contributed by atoms with Crippen LogP contribution in [0.15, 0.2) is 36.4 Å². The summed E-state index contributed by atoms with van der Waals surface area (Å²) in [6.45, 7) is 0. The van der Waals surface area contributed by atoms with E-state index < -0.39 is 17.7 Å². The van der Waals surface area contributed by atoms with E-state index >= 15 is 0 Å². The van der Waals surface area contributed by atoms with Crippen molar-refractivity contribution in [1.82, 2.24) is 0 Å². The summed E-state index contributed by atoms with van der Waals surface area (Å²) < 4.78 is 26.5. The van der Waals surface area contributed by atoms with Crippen LogP contribution in [0.2, 0.25) is 10.0 Å². The normalized spacial score (nSPS) is 12.4. The molecule has 2 rings (SSSR count). The lowest BCUT2D eigenvalue weighted by Crippen LogP contribution is -2.15. The Morgan fingerprint density at radius 3 is 2.25 bits per heavy atom. The minimum absolute atomic E-state index is 0.136. The van der Waals surface area contributed by atoms with E-state index in [1.165, 1.54) is 30.3 Å². The van der Waals surface area contributed by atoms with Gasteiger partial charge in [-0.3, -0.25) is 0 Å². The predicted molar refractivity (Wildman–Crippen MR) is 76.2 cm³/mol. The molecule has 1 unspecified atom stereocenters. The average Bonchev–Trinajstić information content (AvgIpc) is 2.36. The second-order valence-corrected chi connectivity index (χ2v) is 5.38. The van der Waals surface area contributed by atoms with Crippen LogP contribution >= 0.6 is 23.2 Å². The lowest BCUT2D eigenvalue weighted by molar-refractivity contribution is 0.174. The van der Waals surface area contributed by atoms with Gasteiger partial charge in [0.2, 0.25) is 0 Å². The molecule has 0 saturated heterocycles. The maximum absolute atomic E-state index is 13.6. The van der Waals surface area contributed by atoms with Gasteiger partial charge >= 0.3 is 0 Å².